The zero-order chi connectivity index (χ0) is 21.3. The zero-order valence-electron chi connectivity index (χ0n) is 17.2. The average molecular weight is 415 g/mol. The molecule has 3 rings (SSSR count). The molecule has 1 heterocycles. The lowest BCUT2D eigenvalue weighted by molar-refractivity contribution is -0.126. The third-order valence-corrected chi connectivity index (χ3v) is 5.65. The standard InChI is InChI=1S/C22H30N4O4/c27-19(23-12-13-24-21(29)16-5-2-1-3-6-16)15-25-22(30)17-8-10-18(11-9-17)26-14-4-7-20(26)28/h8-11,16H,1-7,12-15H2,(H,23,27)(H,24,29)(H,25,30). The van der Waals surface area contributed by atoms with E-state index in [1.165, 1.54) is 6.42 Å². The summed E-state index contributed by atoms with van der Waals surface area (Å²) < 4.78 is 0. The second kappa shape index (κ2) is 10.8. The predicted molar refractivity (Wildman–Crippen MR) is 113 cm³/mol. The zero-order valence-corrected chi connectivity index (χ0v) is 17.2. The summed E-state index contributed by atoms with van der Waals surface area (Å²) in [4.78, 5) is 49.6. The van der Waals surface area contributed by atoms with Gasteiger partial charge < -0.3 is 20.9 Å². The summed E-state index contributed by atoms with van der Waals surface area (Å²) in [5, 5.41) is 8.13. The predicted octanol–water partition coefficient (Wildman–Crippen LogP) is 1.36. The highest BCUT2D eigenvalue weighted by atomic mass is 16.2. The molecule has 0 unspecified atom stereocenters. The molecule has 8 heteroatoms. The lowest BCUT2D eigenvalue weighted by Gasteiger charge is -2.20. The lowest BCUT2D eigenvalue weighted by atomic mass is 9.89. The van der Waals surface area contributed by atoms with E-state index in [1.807, 2.05) is 0 Å². The van der Waals surface area contributed by atoms with Gasteiger partial charge in [-0.2, -0.15) is 0 Å². The number of hydrogen-bond donors (Lipinski definition) is 3. The molecule has 2 aliphatic rings. The third-order valence-electron chi connectivity index (χ3n) is 5.65. The van der Waals surface area contributed by atoms with Gasteiger partial charge in [0.15, 0.2) is 0 Å². The fourth-order valence-corrected chi connectivity index (χ4v) is 3.94. The molecule has 0 aromatic heterocycles. The molecule has 1 aliphatic carbocycles. The van der Waals surface area contributed by atoms with Crippen LogP contribution in [0.5, 0.6) is 0 Å². The minimum atomic E-state index is -0.352. The van der Waals surface area contributed by atoms with Crippen molar-refractivity contribution in [3.05, 3.63) is 29.8 Å². The van der Waals surface area contributed by atoms with Gasteiger partial charge in [0.2, 0.25) is 17.7 Å². The number of amides is 4. The Morgan fingerprint density at radius 2 is 1.60 bits per heavy atom. The molecule has 8 nitrogen and oxygen atoms in total. The van der Waals surface area contributed by atoms with Gasteiger partial charge in [-0.05, 0) is 43.5 Å². The number of nitrogens with one attached hydrogen (secondary N) is 3. The van der Waals surface area contributed by atoms with Crippen molar-refractivity contribution < 1.29 is 19.2 Å². The molecule has 1 saturated carbocycles. The van der Waals surface area contributed by atoms with Crippen molar-refractivity contribution in [2.45, 2.75) is 44.9 Å². The molecular formula is C22H30N4O4. The number of nitrogens with zero attached hydrogens (tertiary/aromatic N) is 1. The van der Waals surface area contributed by atoms with Gasteiger partial charge in [-0.1, -0.05) is 19.3 Å². The Hall–Kier alpha value is -2.90. The van der Waals surface area contributed by atoms with E-state index in [-0.39, 0.29) is 36.1 Å². The van der Waals surface area contributed by atoms with E-state index in [1.54, 1.807) is 29.2 Å². The molecule has 0 atom stereocenters. The van der Waals surface area contributed by atoms with Crippen LogP contribution in [0.25, 0.3) is 0 Å². The SMILES string of the molecule is O=C(CNC(=O)c1ccc(N2CCCC2=O)cc1)NCCNC(=O)C1CCCCC1. The average Bonchev–Trinajstić information content (AvgIpc) is 3.21. The van der Waals surface area contributed by atoms with Crippen molar-refractivity contribution in [3.63, 3.8) is 0 Å². The molecule has 0 spiro atoms. The van der Waals surface area contributed by atoms with Crippen LogP contribution in [0, 0.1) is 5.92 Å². The number of benzene rings is 1. The Kier molecular flexibility index (Phi) is 7.82. The Morgan fingerprint density at radius 3 is 2.27 bits per heavy atom. The van der Waals surface area contributed by atoms with E-state index in [2.05, 4.69) is 16.0 Å². The topological polar surface area (TPSA) is 108 Å². The summed E-state index contributed by atoms with van der Waals surface area (Å²) in [7, 11) is 0. The Morgan fingerprint density at radius 1 is 0.900 bits per heavy atom. The molecule has 3 N–H and O–H groups in total. The van der Waals surface area contributed by atoms with Crippen molar-refractivity contribution in [1.82, 2.24) is 16.0 Å². The molecular weight excluding hydrogens is 384 g/mol. The van der Waals surface area contributed by atoms with Crippen LogP contribution < -0.4 is 20.9 Å². The molecule has 1 aromatic rings. The normalized spacial score (nSPS) is 16.9. The van der Waals surface area contributed by atoms with Gasteiger partial charge >= 0.3 is 0 Å². The molecule has 1 saturated heterocycles. The Bertz CT molecular complexity index is 772. The van der Waals surface area contributed by atoms with E-state index in [0.29, 0.717) is 31.6 Å². The number of carbonyl (C=O) groups excluding carboxylic acids is 4. The van der Waals surface area contributed by atoms with E-state index in [0.717, 1.165) is 37.8 Å². The first-order valence-electron chi connectivity index (χ1n) is 10.8. The van der Waals surface area contributed by atoms with E-state index >= 15 is 0 Å². The number of hydrogen-bond acceptors (Lipinski definition) is 4. The highest BCUT2D eigenvalue weighted by Gasteiger charge is 2.22. The summed E-state index contributed by atoms with van der Waals surface area (Å²) in [6.07, 6.45) is 6.70. The van der Waals surface area contributed by atoms with Crippen LogP contribution in [-0.2, 0) is 14.4 Å². The van der Waals surface area contributed by atoms with Crippen molar-refractivity contribution >= 4 is 29.3 Å². The molecule has 30 heavy (non-hydrogen) atoms. The van der Waals surface area contributed by atoms with Crippen molar-refractivity contribution in [1.29, 1.82) is 0 Å². The molecule has 0 radical (unpaired) electrons. The first-order chi connectivity index (χ1) is 14.5. The quantitative estimate of drug-likeness (QED) is 0.558. The Labute approximate surface area is 176 Å². The summed E-state index contributed by atoms with van der Waals surface area (Å²) in [5.41, 5.74) is 1.21. The summed E-state index contributed by atoms with van der Waals surface area (Å²) in [6.45, 7) is 1.27. The minimum Gasteiger partial charge on any atom is -0.354 e. The smallest absolute Gasteiger partial charge is 0.251 e. The van der Waals surface area contributed by atoms with Gasteiger partial charge in [-0.25, -0.2) is 0 Å². The fourth-order valence-electron chi connectivity index (χ4n) is 3.94. The third kappa shape index (κ3) is 6.05. The van der Waals surface area contributed by atoms with Gasteiger partial charge in [-0.3, -0.25) is 19.2 Å². The maximum Gasteiger partial charge on any atom is 0.251 e. The molecule has 1 aliphatic heterocycles. The van der Waals surface area contributed by atoms with E-state index in [9.17, 15) is 19.2 Å². The van der Waals surface area contributed by atoms with Crippen molar-refractivity contribution in [3.8, 4) is 0 Å². The second-order valence-electron chi connectivity index (χ2n) is 7.85. The Balaban J connectivity index is 1.32. The van der Waals surface area contributed by atoms with Gasteiger partial charge in [0.1, 0.15) is 0 Å². The molecule has 4 amide bonds. The monoisotopic (exact) mass is 414 g/mol. The van der Waals surface area contributed by atoms with E-state index in [4.69, 9.17) is 0 Å². The summed E-state index contributed by atoms with van der Waals surface area (Å²) in [6, 6.07) is 6.78. The van der Waals surface area contributed by atoms with Crippen LogP contribution >= 0.6 is 0 Å². The summed E-state index contributed by atoms with van der Waals surface area (Å²) >= 11 is 0. The van der Waals surface area contributed by atoms with Crippen LogP contribution in [0.1, 0.15) is 55.3 Å². The summed E-state index contributed by atoms with van der Waals surface area (Å²) in [5.74, 6) is -0.400. The van der Waals surface area contributed by atoms with Crippen LogP contribution in [0.15, 0.2) is 24.3 Å². The van der Waals surface area contributed by atoms with Crippen LogP contribution in [0.2, 0.25) is 0 Å². The number of rotatable bonds is 8. The lowest BCUT2D eigenvalue weighted by Crippen LogP contribution is -2.41. The maximum atomic E-state index is 12.2. The molecule has 1 aromatic carbocycles. The van der Waals surface area contributed by atoms with Gasteiger partial charge in [0, 0.05) is 43.2 Å². The highest BCUT2D eigenvalue weighted by molar-refractivity contribution is 5.98. The number of carbonyl (C=O) groups is 4. The largest absolute Gasteiger partial charge is 0.354 e. The van der Waals surface area contributed by atoms with E-state index < -0.39 is 0 Å². The first-order valence-corrected chi connectivity index (χ1v) is 10.8. The van der Waals surface area contributed by atoms with Gasteiger partial charge in [0.25, 0.3) is 5.91 Å². The van der Waals surface area contributed by atoms with Crippen LogP contribution in [-0.4, -0.2) is 49.8 Å². The maximum absolute atomic E-state index is 12.2. The van der Waals surface area contributed by atoms with Crippen molar-refractivity contribution in [2.75, 3.05) is 31.1 Å². The van der Waals surface area contributed by atoms with Crippen LogP contribution in [0.3, 0.4) is 0 Å². The minimum absolute atomic E-state index is 0.0660. The fraction of sp³-hybridized carbons (Fsp3) is 0.545. The van der Waals surface area contributed by atoms with Gasteiger partial charge in [0.05, 0.1) is 6.54 Å². The van der Waals surface area contributed by atoms with Crippen molar-refractivity contribution in [2.24, 2.45) is 5.92 Å². The number of anilines is 1. The molecule has 2 fully saturated rings. The van der Waals surface area contributed by atoms with Crippen LogP contribution in [0.4, 0.5) is 5.69 Å². The second-order valence-corrected chi connectivity index (χ2v) is 7.85. The first kappa shape index (κ1) is 21.8. The van der Waals surface area contributed by atoms with Gasteiger partial charge in [-0.15, -0.1) is 0 Å². The molecule has 162 valence electrons. The molecule has 0 bridgehead atoms. The highest BCUT2D eigenvalue weighted by Crippen LogP contribution is 2.23.